The molecule has 1 N–H and O–H groups in total. The Morgan fingerprint density at radius 1 is 1.25 bits per heavy atom. The van der Waals surface area contributed by atoms with Crippen LogP contribution in [0, 0.1) is 6.92 Å². The van der Waals surface area contributed by atoms with Crippen LogP contribution in [0.25, 0.3) is 11.1 Å². The molecule has 2 rings (SSSR count). The lowest BCUT2D eigenvalue weighted by Gasteiger charge is -2.14. The topological polar surface area (TPSA) is 50.2 Å². The number of aromatic carboxylic acids is 1. The van der Waals surface area contributed by atoms with Crippen molar-refractivity contribution in [2.45, 2.75) is 26.7 Å². The first kappa shape index (κ1) is 14.5. The summed E-state index contributed by atoms with van der Waals surface area (Å²) in [5.74, 6) is -0.879. The number of halogens is 1. The van der Waals surface area contributed by atoms with Crippen LogP contribution in [0.4, 0.5) is 0 Å². The summed E-state index contributed by atoms with van der Waals surface area (Å²) in [5, 5.41) is 10.0. The summed E-state index contributed by atoms with van der Waals surface area (Å²) < 4.78 is 0. The standard InChI is InChI=1S/C16H16ClNO2/c1-9(2)15-14(16(19)20)8-13(10(3)18-15)11-4-6-12(17)7-5-11/h4-9H,1-3H3,(H,19,20). The Morgan fingerprint density at radius 3 is 2.35 bits per heavy atom. The number of hydrogen-bond acceptors (Lipinski definition) is 2. The maximum absolute atomic E-state index is 11.4. The van der Waals surface area contributed by atoms with E-state index in [-0.39, 0.29) is 11.5 Å². The highest BCUT2D eigenvalue weighted by Crippen LogP contribution is 2.28. The molecule has 4 heteroatoms. The van der Waals surface area contributed by atoms with E-state index in [2.05, 4.69) is 4.98 Å². The first-order valence-electron chi connectivity index (χ1n) is 6.41. The van der Waals surface area contributed by atoms with Gasteiger partial charge in [-0.2, -0.15) is 0 Å². The molecule has 104 valence electrons. The molecule has 0 amide bonds. The van der Waals surface area contributed by atoms with Crippen molar-refractivity contribution in [3.05, 3.63) is 52.3 Å². The third kappa shape index (κ3) is 2.83. The van der Waals surface area contributed by atoms with Crippen molar-refractivity contribution < 1.29 is 9.90 Å². The van der Waals surface area contributed by atoms with Crippen molar-refractivity contribution in [3.8, 4) is 11.1 Å². The fraction of sp³-hybridized carbons (Fsp3) is 0.250. The average molecular weight is 290 g/mol. The van der Waals surface area contributed by atoms with Gasteiger partial charge in [0.05, 0.1) is 11.3 Å². The lowest BCUT2D eigenvalue weighted by molar-refractivity contribution is 0.0694. The Labute approximate surface area is 123 Å². The van der Waals surface area contributed by atoms with Gasteiger partial charge in [0.15, 0.2) is 0 Å². The van der Waals surface area contributed by atoms with Gasteiger partial charge in [-0.05, 0) is 36.6 Å². The van der Waals surface area contributed by atoms with Gasteiger partial charge in [0, 0.05) is 16.3 Å². The second-order valence-corrected chi connectivity index (χ2v) is 5.46. The molecule has 1 heterocycles. The smallest absolute Gasteiger partial charge is 0.337 e. The minimum Gasteiger partial charge on any atom is -0.478 e. The molecule has 2 aromatic rings. The summed E-state index contributed by atoms with van der Waals surface area (Å²) in [6, 6.07) is 9.00. The molecule has 0 aliphatic rings. The van der Waals surface area contributed by atoms with Crippen LogP contribution in [0.1, 0.15) is 41.5 Å². The van der Waals surface area contributed by atoms with Crippen LogP contribution in [-0.2, 0) is 0 Å². The van der Waals surface area contributed by atoms with Gasteiger partial charge in [0.2, 0.25) is 0 Å². The van der Waals surface area contributed by atoms with E-state index in [1.54, 1.807) is 18.2 Å². The van der Waals surface area contributed by atoms with Crippen molar-refractivity contribution in [2.24, 2.45) is 0 Å². The SMILES string of the molecule is Cc1nc(C(C)C)c(C(=O)O)cc1-c1ccc(Cl)cc1. The molecular weight excluding hydrogens is 274 g/mol. The molecule has 0 saturated heterocycles. The minimum absolute atomic E-state index is 0.0686. The summed E-state index contributed by atoms with van der Waals surface area (Å²) in [5.41, 5.74) is 3.44. The number of aryl methyl sites for hydroxylation is 1. The number of rotatable bonds is 3. The van der Waals surface area contributed by atoms with E-state index in [0.717, 1.165) is 16.8 Å². The summed E-state index contributed by atoms with van der Waals surface area (Å²) >= 11 is 5.88. The summed E-state index contributed by atoms with van der Waals surface area (Å²) in [6.07, 6.45) is 0. The normalized spacial score (nSPS) is 10.8. The summed E-state index contributed by atoms with van der Waals surface area (Å²) in [4.78, 5) is 15.9. The Balaban J connectivity index is 2.63. The highest BCUT2D eigenvalue weighted by atomic mass is 35.5. The van der Waals surface area contributed by atoms with E-state index in [4.69, 9.17) is 11.6 Å². The number of carboxylic acid groups (broad SMARTS) is 1. The predicted octanol–water partition coefficient (Wildman–Crippen LogP) is 4.53. The zero-order chi connectivity index (χ0) is 14.9. The van der Waals surface area contributed by atoms with E-state index in [1.807, 2.05) is 32.9 Å². The van der Waals surface area contributed by atoms with Gasteiger partial charge in [0.25, 0.3) is 0 Å². The Morgan fingerprint density at radius 2 is 1.85 bits per heavy atom. The molecule has 0 unspecified atom stereocenters. The van der Waals surface area contributed by atoms with Gasteiger partial charge in [0.1, 0.15) is 0 Å². The van der Waals surface area contributed by atoms with E-state index in [0.29, 0.717) is 10.7 Å². The van der Waals surface area contributed by atoms with Crippen molar-refractivity contribution in [1.82, 2.24) is 4.98 Å². The van der Waals surface area contributed by atoms with Crippen molar-refractivity contribution >= 4 is 17.6 Å². The van der Waals surface area contributed by atoms with Gasteiger partial charge < -0.3 is 5.11 Å². The minimum atomic E-state index is -0.948. The van der Waals surface area contributed by atoms with Gasteiger partial charge in [-0.25, -0.2) is 4.79 Å². The molecule has 0 atom stereocenters. The molecule has 0 aliphatic heterocycles. The quantitative estimate of drug-likeness (QED) is 0.903. The van der Waals surface area contributed by atoms with Crippen LogP contribution < -0.4 is 0 Å². The van der Waals surface area contributed by atoms with E-state index in [1.165, 1.54) is 0 Å². The average Bonchev–Trinajstić information content (AvgIpc) is 2.39. The summed E-state index contributed by atoms with van der Waals surface area (Å²) in [6.45, 7) is 5.77. The predicted molar refractivity (Wildman–Crippen MR) is 80.5 cm³/mol. The molecule has 0 saturated carbocycles. The molecule has 3 nitrogen and oxygen atoms in total. The molecule has 1 aromatic carbocycles. The van der Waals surface area contributed by atoms with E-state index >= 15 is 0 Å². The highest BCUT2D eigenvalue weighted by Gasteiger charge is 2.17. The van der Waals surface area contributed by atoms with Crippen LogP contribution >= 0.6 is 11.6 Å². The third-order valence-corrected chi connectivity index (χ3v) is 3.43. The van der Waals surface area contributed by atoms with Crippen LogP contribution in [-0.4, -0.2) is 16.1 Å². The lowest BCUT2D eigenvalue weighted by atomic mass is 9.97. The number of benzene rings is 1. The largest absolute Gasteiger partial charge is 0.478 e. The van der Waals surface area contributed by atoms with Crippen LogP contribution in [0.3, 0.4) is 0 Å². The molecular formula is C16H16ClNO2. The Hall–Kier alpha value is -1.87. The van der Waals surface area contributed by atoms with Crippen LogP contribution in [0.15, 0.2) is 30.3 Å². The summed E-state index contributed by atoms with van der Waals surface area (Å²) in [7, 11) is 0. The van der Waals surface area contributed by atoms with Crippen molar-refractivity contribution in [3.63, 3.8) is 0 Å². The number of pyridine rings is 1. The van der Waals surface area contributed by atoms with E-state index in [9.17, 15) is 9.90 Å². The van der Waals surface area contributed by atoms with Gasteiger partial charge in [-0.1, -0.05) is 37.6 Å². The van der Waals surface area contributed by atoms with Gasteiger partial charge in [-0.3, -0.25) is 4.98 Å². The highest BCUT2D eigenvalue weighted by molar-refractivity contribution is 6.30. The molecule has 0 bridgehead atoms. The number of carboxylic acids is 1. The fourth-order valence-electron chi connectivity index (χ4n) is 2.16. The zero-order valence-electron chi connectivity index (χ0n) is 11.6. The van der Waals surface area contributed by atoms with Crippen molar-refractivity contribution in [2.75, 3.05) is 0 Å². The maximum Gasteiger partial charge on any atom is 0.337 e. The monoisotopic (exact) mass is 289 g/mol. The molecule has 1 aromatic heterocycles. The van der Waals surface area contributed by atoms with Crippen LogP contribution in [0.2, 0.25) is 5.02 Å². The molecule has 0 radical (unpaired) electrons. The maximum atomic E-state index is 11.4. The van der Waals surface area contributed by atoms with E-state index < -0.39 is 5.97 Å². The number of nitrogens with zero attached hydrogens (tertiary/aromatic N) is 1. The zero-order valence-corrected chi connectivity index (χ0v) is 12.4. The lowest BCUT2D eigenvalue weighted by Crippen LogP contribution is -2.08. The molecule has 0 spiro atoms. The second-order valence-electron chi connectivity index (χ2n) is 5.02. The number of aromatic nitrogens is 1. The van der Waals surface area contributed by atoms with Crippen molar-refractivity contribution in [1.29, 1.82) is 0 Å². The Kier molecular flexibility index (Phi) is 4.09. The van der Waals surface area contributed by atoms with Gasteiger partial charge in [-0.15, -0.1) is 0 Å². The Bertz CT molecular complexity index is 648. The van der Waals surface area contributed by atoms with Gasteiger partial charge >= 0.3 is 5.97 Å². The third-order valence-electron chi connectivity index (χ3n) is 3.18. The first-order chi connectivity index (χ1) is 9.40. The molecule has 20 heavy (non-hydrogen) atoms. The fourth-order valence-corrected chi connectivity index (χ4v) is 2.28. The molecule has 0 aliphatic carbocycles. The molecule has 0 fully saturated rings. The first-order valence-corrected chi connectivity index (χ1v) is 6.78. The second kappa shape index (κ2) is 5.63. The van der Waals surface area contributed by atoms with Crippen LogP contribution in [0.5, 0.6) is 0 Å². The number of carbonyl (C=O) groups is 1. The number of hydrogen-bond donors (Lipinski definition) is 1.